The SMILES string of the molecule is CCC(C)(C)c1cnc(F)c(NS(=O)(=O)CC)c1. The third kappa shape index (κ3) is 3.41. The van der Waals surface area contributed by atoms with Crippen molar-refractivity contribution in [2.45, 2.75) is 39.5 Å². The van der Waals surface area contributed by atoms with E-state index in [2.05, 4.69) is 9.71 Å². The highest BCUT2D eigenvalue weighted by molar-refractivity contribution is 7.92. The number of sulfonamides is 1. The fourth-order valence-electron chi connectivity index (χ4n) is 1.33. The molecule has 1 aromatic rings. The predicted octanol–water partition coefficient (Wildman–Crippen LogP) is 2.67. The smallest absolute Gasteiger partial charge is 0.237 e. The number of halogens is 1. The second-order valence-corrected chi connectivity index (χ2v) is 6.82. The average Bonchev–Trinajstić information content (AvgIpc) is 2.31. The first kappa shape index (κ1) is 14.9. The molecule has 0 bridgehead atoms. The second kappa shape index (κ2) is 5.22. The Labute approximate surface area is 108 Å². The zero-order chi connectivity index (χ0) is 14.0. The van der Waals surface area contributed by atoms with Crippen molar-refractivity contribution in [2.75, 3.05) is 10.5 Å². The number of nitrogens with one attached hydrogen (secondary N) is 1. The molecule has 18 heavy (non-hydrogen) atoms. The summed E-state index contributed by atoms with van der Waals surface area (Å²) in [6.07, 6.45) is 2.29. The summed E-state index contributed by atoms with van der Waals surface area (Å²) in [6, 6.07) is 1.51. The fourth-order valence-corrected chi connectivity index (χ4v) is 1.96. The zero-order valence-corrected chi connectivity index (χ0v) is 11.9. The number of nitrogens with zero attached hydrogens (tertiary/aromatic N) is 1. The van der Waals surface area contributed by atoms with Crippen molar-refractivity contribution >= 4 is 15.7 Å². The van der Waals surface area contributed by atoms with Crippen LogP contribution in [0.1, 0.15) is 39.7 Å². The Morgan fingerprint density at radius 3 is 2.50 bits per heavy atom. The average molecular weight is 274 g/mol. The minimum absolute atomic E-state index is 0.0872. The van der Waals surface area contributed by atoms with Gasteiger partial charge < -0.3 is 0 Å². The van der Waals surface area contributed by atoms with E-state index in [1.165, 1.54) is 19.2 Å². The molecule has 6 heteroatoms. The maximum Gasteiger partial charge on any atom is 0.237 e. The van der Waals surface area contributed by atoms with E-state index in [0.29, 0.717) is 0 Å². The largest absolute Gasteiger partial charge is 0.279 e. The molecular formula is C12H19FN2O2S. The Morgan fingerprint density at radius 1 is 1.39 bits per heavy atom. The van der Waals surface area contributed by atoms with Gasteiger partial charge in [-0.05, 0) is 30.4 Å². The van der Waals surface area contributed by atoms with E-state index in [0.717, 1.165) is 12.0 Å². The van der Waals surface area contributed by atoms with Gasteiger partial charge in [0.1, 0.15) is 5.69 Å². The summed E-state index contributed by atoms with van der Waals surface area (Å²) in [5, 5.41) is 0. The van der Waals surface area contributed by atoms with Crippen LogP contribution >= 0.6 is 0 Å². The summed E-state index contributed by atoms with van der Waals surface area (Å²) < 4.78 is 38.6. The minimum atomic E-state index is -3.49. The molecule has 0 amide bonds. The molecule has 1 heterocycles. The lowest BCUT2D eigenvalue weighted by atomic mass is 9.83. The highest BCUT2D eigenvalue weighted by atomic mass is 32.2. The van der Waals surface area contributed by atoms with Gasteiger partial charge in [-0.15, -0.1) is 0 Å². The molecule has 1 N–H and O–H groups in total. The van der Waals surface area contributed by atoms with E-state index >= 15 is 0 Å². The molecule has 0 saturated heterocycles. The first-order chi connectivity index (χ1) is 8.22. The molecule has 0 atom stereocenters. The normalized spacial score (nSPS) is 12.5. The van der Waals surface area contributed by atoms with E-state index in [4.69, 9.17) is 0 Å². The zero-order valence-electron chi connectivity index (χ0n) is 11.1. The molecule has 0 spiro atoms. The van der Waals surface area contributed by atoms with Crippen molar-refractivity contribution in [1.82, 2.24) is 4.98 Å². The summed E-state index contributed by atoms with van der Waals surface area (Å²) in [5.74, 6) is -0.906. The van der Waals surface area contributed by atoms with E-state index < -0.39 is 16.0 Å². The van der Waals surface area contributed by atoms with Gasteiger partial charge in [0.25, 0.3) is 0 Å². The number of rotatable bonds is 5. The summed E-state index contributed by atoms with van der Waals surface area (Å²) >= 11 is 0. The lowest BCUT2D eigenvalue weighted by molar-refractivity contribution is 0.499. The molecule has 0 aliphatic carbocycles. The van der Waals surface area contributed by atoms with Crippen LogP contribution in [0, 0.1) is 5.95 Å². The first-order valence-corrected chi connectivity index (χ1v) is 7.53. The van der Waals surface area contributed by atoms with E-state index in [9.17, 15) is 12.8 Å². The van der Waals surface area contributed by atoms with Gasteiger partial charge in [-0.25, -0.2) is 13.4 Å². The maximum atomic E-state index is 13.5. The molecule has 102 valence electrons. The lowest BCUT2D eigenvalue weighted by Gasteiger charge is -2.23. The molecule has 1 rings (SSSR count). The Kier molecular flexibility index (Phi) is 4.32. The molecule has 0 fully saturated rings. The molecule has 0 saturated carbocycles. The van der Waals surface area contributed by atoms with Gasteiger partial charge >= 0.3 is 0 Å². The molecule has 1 aromatic heterocycles. The molecule has 0 unspecified atom stereocenters. The quantitative estimate of drug-likeness (QED) is 0.840. The van der Waals surface area contributed by atoms with Crippen molar-refractivity contribution in [3.05, 3.63) is 23.8 Å². The number of aromatic nitrogens is 1. The van der Waals surface area contributed by atoms with E-state index in [-0.39, 0.29) is 16.9 Å². The monoisotopic (exact) mass is 274 g/mol. The highest BCUT2D eigenvalue weighted by Crippen LogP contribution is 2.28. The van der Waals surface area contributed by atoms with Gasteiger partial charge in [0.15, 0.2) is 0 Å². The van der Waals surface area contributed by atoms with E-state index in [1.54, 1.807) is 0 Å². The maximum absolute atomic E-state index is 13.5. The van der Waals surface area contributed by atoms with Crippen molar-refractivity contribution in [3.8, 4) is 0 Å². The Balaban J connectivity index is 3.18. The van der Waals surface area contributed by atoms with Crippen LogP contribution in [0.3, 0.4) is 0 Å². The fraction of sp³-hybridized carbons (Fsp3) is 0.583. The number of hydrogen-bond acceptors (Lipinski definition) is 3. The van der Waals surface area contributed by atoms with Crippen molar-refractivity contribution < 1.29 is 12.8 Å². The van der Waals surface area contributed by atoms with Gasteiger partial charge in [-0.1, -0.05) is 20.8 Å². The van der Waals surface area contributed by atoms with Gasteiger partial charge in [0.05, 0.1) is 5.75 Å². The summed E-state index contributed by atoms with van der Waals surface area (Å²) in [5.41, 5.74) is 0.545. The van der Waals surface area contributed by atoms with Crippen LogP contribution in [-0.4, -0.2) is 19.2 Å². The Bertz CT molecular complexity index is 527. The van der Waals surface area contributed by atoms with Crippen LogP contribution in [0.2, 0.25) is 0 Å². The summed E-state index contributed by atoms with van der Waals surface area (Å²) in [4.78, 5) is 3.62. The standard InChI is InChI=1S/C12H19FN2O2S/c1-5-12(3,4)9-7-10(11(13)14-8-9)15-18(16,17)6-2/h7-8,15H,5-6H2,1-4H3. The number of pyridine rings is 1. The summed E-state index contributed by atoms with van der Waals surface area (Å²) in [7, 11) is -3.49. The van der Waals surface area contributed by atoms with Gasteiger partial charge in [0.2, 0.25) is 16.0 Å². The molecule has 0 radical (unpaired) electrons. The van der Waals surface area contributed by atoms with Crippen LogP contribution in [-0.2, 0) is 15.4 Å². The predicted molar refractivity (Wildman–Crippen MR) is 70.6 cm³/mol. The third-order valence-corrected chi connectivity index (χ3v) is 4.44. The molecular weight excluding hydrogens is 255 g/mol. The van der Waals surface area contributed by atoms with Crippen LogP contribution in [0.5, 0.6) is 0 Å². The summed E-state index contributed by atoms with van der Waals surface area (Å²) in [6.45, 7) is 7.51. The van der Waals surface area contributed by atoms with Crippen molar-refractivity contribution in [2.24, 2.45) is 0 Å². The van der Waals surface area contributed by atoms with Crippen LogP contribution < -0.4 is 4.72 Å². The van der Waals surface area contributed by atoms with Gasteiger partial charge in [-0.3, -0.25) is 4.72 Å². The number of hydrogen-bond donors (Lipinski definition) is 1. The minimum Gasteiger partial charge on any atom is -0.279 e. The molecule has 4 nitrogen and oxygen atoms in total. The highest BCUT2D eigenvalue weighted by Gasteiger charge is 2.21. The van der Waals surface area contributed by atoms with E-state index in [1.807, 2.05) is 20.8 Å². The Hall–Kier alpha value is -1.17. The lowest BCUT2D eigenvalue weighted by Crippen LogP contribution is -2.19. The van der Waals surface area contributed by atoms with Crippen molar-refractivity contribution in [1.29, 1.82) is 0 Å². The number of anilines is 1. The van der Waals surface area contributed by atoms with Gasteiger partial charge in [-0.2, -0.15) is 4.39 Å². The topological polar surface area (TPSA) is 59.1 Å². The molecule has 0 aliphatic rings. The first-order valence-electron chi connectivity index (χ1n) is 5.88. The van der Waals surface area contributed by atoms with Gasteiger partial charge in [0, 0.05) is 6.20 Å². The van der Waals surface area contributed by atoms with Crippen LogP contribution in [0.4, 0.5) is 10.1 Å². The van der Waals surface area contributed by atoms with Crippen LogP contribution in [0.15, 0.2) is 12.3 Å². The van der Waals surface area contributed by atoms with Crippen molar-refractivity contribution in [3.63, 3.8) is 0 Å². The molecule has 0 aliphatic heterocycles. The Morgan fingerprint density at radius 2 is 2.00 bits per heavy atom. The third-order valence-electron chi connectivity index (χ3n) is 3.15. The van der Waals surface area contributed by atoms with Crippen LogP contribution in [0.25, 0.3) is 0 Å². The molecule has 0 aromatic carbocycles. The second-order valence-electron chi connectivity index (χ2n) is 4.81.